The van der Waals surface area contributed by atoms with Gasteiger partial charge in [-0.2, -0.15) is 0 Å². The molecule has 2 aromatic carbocycles. The van der Waals surface area contributed by atoms with Crippen LogP contribution in [0.2, 0.25) is 0 Å². The van der Waals surface area contributed by atoms with Crippen molar-refractivity contribution in [2.75, 3.05) is 42.5 Å². The number of non-ortho nitro benzene ring substituents is 1. The van der Waals surface area contributed by atoms with E-state index < -0.39 is 0 Å². The summed E-state index contributed by atoms with van der Waals surface area (Å²) in [6.07, 6.45) is 6.23. The van der Waals surface area contributed by atoms with E-state index >= 15 is 0 Å². The Balaban J connectivity index is 1.38. The van der Waals surface area contributed by atoms with E-state index in [1.165, 1.54) is 0 Å². The summed E-state index contributed by atoms with van der Waals surface area (Å²) in [5.41, 5.74) is 0.985. The van der Waals surface area contributed by atoms with E-state index in [4.69, 9.17) is 0 Å². The summed E-state index contributed by atoms with van der Waals surface area (Å²) in [6.45, 7) is 3.41. The molecule has 2 saturated heterocycles. The summed E-state index contributed by atoms with van der Waals surface area (Å²) in [7, 11) is 0. The third kappa shape index (κ3) is 4.06. The van der Waals surface area contributed by atoms with Gasteiger partial charge >= 0.3 is 0 Å². The van der Waals surface area contributed by atoms with Gasteiger partial charge in [0.1, 0.15) is 6.04 Å². The zero-order chi connectivity index (χ0) is 22.8. The molecule has 1 aromatic heterocycles. The fraction of sp³-hybridized carbons (Fsp3) is 0.375. The Morgan fingerprint density at radius 1 is 0.909 bits per heavy atom. The van der Waals surface area contributed by atoms with Crippen LogP contribution in [0.25, 0.3) is 10.8 Å². The minimum absolute atomic E-state index is 0.0912. The summed E-state index contributed by atoms with van der Waals surface area (Å²) < 4.78 is 0. The molecule has 0 radical (unpaired) electrons. The smallest absolute Gasteiger partial charge is 0.277 e. The van der Waals surface area contributed by atoms with E-state index in [9.17, 15) is 14.9 Å². The van der Waals surface area contributed by atoms with Crippen molar-refractivity contribution in [2.45, 2.75) is 25.3 Å². The standard InChI is InChI=1S/C24H26N6O3/c31-23(27-14-16-28(17-15-27)24-25-11-5-12-26-24)22-8-3-4-13-29(22)20-9-10-21(30(32)33)19-7-2-1-6-18(19)20/h1-2,5-7,9-12,22H,3-4,8,13-17H2/t22-/m1/s1. The lowest BCUT2D eigenvalue weighted by molar-refractivity contribution is -0.383. The van der Waals surface area contributed by atoms with E-state index in [2.05, 4.69) is 19.8 Å². The quantitative estimate of drug-likeness (QED) is 0.448. The van der Waals surface area contributed by atoms with Crippen molar-refractivity contribution >= 4 is 34.0 Å². The molecule has 1 amide bonds. The van der Waals surface area contributed by atoms with Crippen LogP contribution in [0.4, 0.5) is 17.3 Å². The Kier molecular flexibility index (Phi) is 5.77. The number of nitrogens with zero attached hydrogens (tertiary/aromatic N) is 6. The van der Waals surface area contributed by atoms with E-state index in [1.807, 2.05) is 23.1 Å². The van der Waals surface area contributed by atoms with Crippen LogP contribution in [-0.4, -0.2) is 64.5 Å². The fourth-order valence-electron chi connectivity index (χ4n) is 4.95. The van der Waals surface area contributed by atoms with Gasteiger partial charge in [-0.1, -0.05) is 18.2 Å². The monoisotopic (exact) mass is 446 g/mol. The third-order valence-corrected chi connectivity index (χ3v) is 6.60. The molecule has 2 aliphatic heterocycles. The maximum atomic E-state index is 13.6. The Morgan fingerprint density at radius 2 is 1.64 bits per heavy atom. The van der Waals surface area contributed by atoms with Crippen LogP contribution in [0, 0.1) is 10.1 Å². The van der Waals surface area contributed by atoms with Gasteiger partial charge < -0.3 is 14.7 Å². The highest BCUT2D eigenvalue weighted by Gasteiger charge is 2.35. The number of aromatic nitrogens is 2. The first-order valence-electron chi connectivity index (χ1n) is 11.4. The summed E-state index contributed by atoms with van der Waals surface area (Å²) in [5, 5.41) is 13.0. The van der Waals surface area contributed by atoms with Crippen molar-refractivity contribution in [2.24, 2.45) is 0 Å². The molecular weight excluding hydrogens is 420 g/mol. The molecule has 9 nitrogen and oxygen atoms in total. The molecule has 5 rings (SSSR count). The van der Waals surface area contributed by atoms with Gasteiger partial charge in [0, 0.05) is 62.3 Å². The molecule has 2 fully saturated rings. The third-order valence-electron chi connectivity index (χ3n) is 6.60. The molecule has 0 spiro atoms. The van der Waals surface area contributed by atoms with Crippen molar-refractivity contribution in [3.05, 3.63) is 65.0 Å². The number of rotatable bonds is 4. The summed E-state index contributed by atoms with van der Waals surface area (Å²) in [6, 6.07) is 12.3. The van der Waals surface area contributed by atoms with Crippen LogP contribution in [-0.2, 0) is 4.79 Å². The SMILES string of the molecule is O=C([C@H]1CCCCN1c1ccc([N+](=O)[O-])c2ccccc12)N1CCN(c2ncccn2)CC1. The minimum atomic E-state index is -0.346. The lowest BCUT2D eigenvalue weighted by Gasteiger charge is -2.42. The molecule has 170 valence electrons. The lowest BCUT2D eigenvalue weighted by atomic mass is 9.97. The average molecular weight is 447 g/mol. The van der Waals surface area contributed by atoms with Gasteiger partial charge in [-0.25, -0.2) is 9.97 Å². The topological polar surface area (TPSA) is 95.7 Å². The number of anilines is 2. The second-order valence-corrected chi connectivity index (χ2v) is 8.47. The molecule has 0 aliphatic carbocycles. The predicted molar refractivity (Wildman–Crippen MR) is 126 cm³/mol. The van der Waals surface area contributed by atoms with E-state index in [0.717, 1.165) is 36.9 Å². The Labute approximate surface area is 191 Å². The van der Waals surface area contributed by atoms with E-state index in [-0.39, 0.29) is 22.6 Å². The molecule has 3 aromatic rings. The lowest BCUT2D eigenvalue weighted by Crippen LogP contribution is -2.56. The van der Waals surface area contributed by atoms with Gasteiger partial charge in [-0.05, 0) is 37.5 Å². The van der Waals surface area contributed by atoms with Crippen molar-refractivity contribution in [1.82, 2.24) is 14.9 Å². The highest BCUT2D eigenvalue weighted by atomic mass is 16.6. The number of hydrogen-bond donors (Lipinski definition) is 0. The summed E-state index contributed by atoms with van der Waals surface area (Å²) >= 11 is 0. The van der Waals surface area contributed by atoms with Crippen LogP contribution in [0.15, 0.2) is 54.9 Å². The molecule has 3 heterocycles. The predicted octanol–water partition coefficient (Wildman–Crippen LogP) is 3.25. The molecule has 0 N–H and O–H groups in total. The van der Waals surface area contributed by atoms with E-state index in [1.54, 1.807) is 36.7 Å². The number of nitro groups is 1. The number of benzene rings is 2. The average Bonchev–Trinajstić information content (AvgIpc) is 2.88. The number of hydrogen-bond acceptors (Lipinski definition) is 7. The zero-order valence-electron chi connectivity index (χ0n) is 18.3. The van der Waals surface area contributed by atoms with Gasteiger partial charge in [0.2, 0.25) is 11.9 Å². The molecule has 33 heavy (non-hydrogen) atoms. The number of piperidine rings is 1. The Morgan fingerprint density at radius 3 is 2.36 bits per heavy atom. The van der Waals surface area contributed by atoms with Crippen molar-refractivity contribution in [3.63, 3.8) is 0 Å². The van der Waals surface area contributed by atoms with Crippen molar-refractivity contribution < 1.29 is 9.72 Å². The summed E-state index contributed by atoms with van der Waals surface area (Å²) in [4.78, 5) is 39.6. The van der Waals surface area contributed by atoms with Crippen LogP contribution in [0.1, 0.15) is 19.3 Å². The molecular formula is C24H26N6O3. The number of nitro benzene ring substituents is 1. The van der Waals surface area contributed by atoms with Gasteiger partial charge in [0.05, 0.1) is 10.3 Å². The highest BCUT2D eigenvalue weighted by Crippen LogP contribution is 2.36. The van der Waals surface area contributed by atoms with Crippen molar-refractivity contribution in [1.29, 1.82) is 0 Å². The number of carbonyl (C=O) groups excluding carboxylic acids is 1. The Hall–Kier alpha value is -3.75. The second kappa shape index (κ2) is 9.01. The van der Waals surface area contributed by atoms with Gasteiger partial charge in [0.25, 0.3) is 5.69 Å². The van der Waals surface area contributed by atoms with E-state index in [0.29, 0.717) is 37.5 Å². The maximum Gasteiger partial charge on any atom is 0.277 e. The van der Waals surface area contributed by atoms with Gasteiger partial charge in [-0.15, -0.1) is 0 Å². The largest absolute Gasteiger partial charge is 0.359 e. The second-order valence-electron chi connectivity index (χ2n) is 8.47. The molecule has 0 bridgehead atoms. The van der Waals surface area contributed by atoms with Crippen LogP contribution < -0.4 is 9.80 Å². The number of amides is 1. The first-order valence-corrected chi connectivity index (χ1v) is 11.4. The first-order chi connectivity index (χ1) is 16.1. The minimum Gasteiger partial charge on any atom is -0.359 e. The molecule has 0 saturated carbocycles. The Bertz CT molecular complexity index is 1160. The molecule has 2 aliphatic rings. The molecule has 0 unspecified atom stereocenters. The molecule has 9 heteroatoms. The van der Waals surface area contributed by atoms with Gasteiger partial charge in [0.15, 0.2) is 0 Å². The number of carbonyl (C=O) groups is 1. The summed E-state index contributed by atoms with van der Waals surface area (Å²) in [5.74, 6) is 0.826. The van der Waals surface area contributed by atoms with Gasteiger partial charge in [-0.3, -0.25) is 14.9 Å². The zero-order valence-corrected chi connectivity index (χ0v) is 18.3. The number of piperazine rings is 1. The van der Waals surface area contributed by atoms with Crippen LogP contribution >= 0.6 is 0 Å². The highest BCUT2D eigenvalue weighted by molar-refractivity contribution is 6.01. The maximum absolute atomic E-state index is 13.6. The first kappa shape index (κ1) is 21.1. The normalized spacial score (nSPS) is 19.0. The molecule has 1 atom stereocenters. The van der Waals surface area contributed by atoms with Crippen LogP contribution in [0.3, 0.4) is 0 Å². The fourth-order valence-corrected chi connectivity index (χ4v) is 4.95. The van der Waals surface area contributed by atoms with Crippen LogP contribution in [0.5, 0.6) is 0 Å². The van der Waals surface area contributed by atoms with Crippen molar-refractivity contribution in [3.8, 4) is 0 Å². The number of fused-ring (bicyclic) bond motifs is 1.